The van der Waals surface area contributed by atoms with E-state index in [1.165, 1.54) is 18.4 Å². The van der Waals surface area contributed by atoms with E-state index in [2.05, 4.69) is 4.98 Å². The Labute approximate surface area is 136 Å². The molecule has 23 heavy (non-hydrogen) atoms. The molecule has 126 valence electrons. The number of fused-ring (bicyclic) bond motifs is 1. The fourth-order valence-corrected chi connectivity index (χ4v) is 3.19. The number of hydrogen-bond donors (Lipinski definition) is 0. The zero-order chi connectivity index (χ0) is 17.4. The van der Waals surface area contributed by atoms with Gasteiger partial charge >= 0.3 is 0 Å². The van der Waals surface area contributed by atoms with Gasteiger partial charge in [0.1, 0.15) is 5.82 Å². The SMILES string of the molecule is CN(C)C(=O)CCc1nc2cc(S(=O)(=O)N(C)C)ccc2n1C. The second-order valence-electron chi connectivity index (χ2n) is 5.81. The number of imidazole rings is 1. The first-order valence-corrected chi connectivity index (χ1v) is 8.66. The van der Waals surface area contributed by atoms with Crippen LogP contribution in [0.4, 0.5) is 0 Å². The van der Waals surface area contributed by atoms with Gasteiger partial charge in [-0.05, 0) is 18.2 Å². The molecule has 8 heteroatoms. The number of amides is 1. The van der Waals surface area contributed by atoms with Crippen LogP contribution in [0.15, 0.2) is 23.1 Å². The number of hydrogen-bond acceptors (Lipinski definition) is 4. The molecule has 1 heterocycles. The maximum Gasteiger partial charge on any atom is 0.242 e. The minimum atomic E-state index is -3.49. The Morgan fingerprint density at radius 2 is 1.87 bits per heavy atom. The van der Waals surface area contributed by atoms with Crippen LogP contribution in [0.5, 0.6) is 0 Å². The minimum Gasteiger partial charge on any atom is -0.349 e. The fraction of sp³-hybridized carbons (Fsp3) is 0.467. The first-order valence-electron chi connectivity index (χ1n) is 7.22. The lowest BCUT2D eigenvalue weighted by atomic mass is 10.2. The van der Waals surface area contributed by atoms with Crippen LogP contribution < -0.4 is 0 Å². The summed E-state index contributed by atoms with van der Waals surface area (Å²) in [4.78, 5) is 18.0. The number of nitrogens with zero attached hydrogens (tertiary/aromatic N) is 4. The summed E-state index contributed by atoms with van der Waals surface area (Å²) in [5.41, 5.74) is 1.46. The molecular weight excluding hydrogens is 316 g/mol. The second kappa shape index (κ2) is 6.29. The Morgan fingerprint density at radius 1 is 1.22 bits per heavy atom. The molecule has 1 aromatic heterocycles. The molecule has 1 aromatic carbocycles. The average Bonchev–Trinajstić information content (AvgIpc) is 2.80. The van der Waals surface area contributed by atoms with E-state index in [1.807, 2.05) is 11.6 Å². The largest absolute Gasteiger partial charge is 0.349 e. The van der Waals surface area contributed by atoms with Gasteiger partial charge in [0.2, 0.25) is 15.9 Å². The monoisotopic (exact) mass is 338 g/mol. The van der Waals surface area contributed by atoms with Gasteiger partial charge in [-0.25, -0.2) is 17.7 Å². The van der Waals surface area contributed by atoms with E-state index in [1.54, 1.807) is 37.2 Å². The molecule has 2 rings (SSSR count). The highest BCUT2D eigenvalue weighted by molar-refractivity contribution is 7.89. The summed E-state index contributed by atoms with van der Waals surface area (Å²) >= 11 is 0. The number of sulfonamides is 1. The molecule has 0 radical (unpaired) electrons. The van der Waals surface area contributed by atoms with E-state index < -0.39 is 10.0 Å². The van der Waals surface area contributed by atoms with E-state index in [4.69, 9.17) is 0 Å². The molecule has 7 nitrogen and oxygen atoms in total. The topological polar surface area (TPSA) is 75.5 Å². The van der Waals surface area contributed by atoms with Crippen molar-refractivity contribution in [2.24, 2.45) is 7.05 Å². The maximum atomic E-state index is 12.2. The molecule has 0 aliphatic carbocycles. The molecule has 0 N–H and O–H groups in total. The molecule has 1 amide bonds. The van der Waals surface area contributed by atoms with Gasteiger partial charge in [0.15, 0.2) is 0 Å². The Balaban J connectivity index is 2.37. The van der Waals surface area contributed by atoms with Crippen molar-refractivity contribution in [3.63, 3.8) is 0 Å². The quantitative estimate of drug-likeness (QED) is 0.810. The van der Waals surface area contributed by atoms with E-state index in [9.17, 15) is 13.2 Å². The Kier molecular flexibility index (Phi) is 4.76. The zero-order valence-corrected chi connectivity index (χ0v) is 14.9. The van der Waals surface area contributed by atoms with Gasteiger partial charge in [-0.2, -0.15) is 0 Å². The van der Waals surface area contributed by atoms with Crippen LogP contribution >= 0.6 is 0 Å². The lowest BCUT2D eigenvalue weighted by Gasteiger charge is -2.11. The zero-order valence-electron chi connectivity index (χ0n) is 14.1. The first-order chi connectivity index (χ1) is 10.6. The summed E-state index contributed by atoms with van der Waals surface area (Å²) in [6.45, 7) is 0. The molecule has 2 aromatic rings. The predicted octanol–water partition coefficient (Wildman–Crippen LogP) is 0.844. The van der Waals surface area contributed by atoms with Crippen molar-refractivity contribution >= 4 is 27.0 Å². The van der Waals surface area contributed by atoms with Crippen molar-refractivity contribution in [2.75, 3.05) is 28.2 Å². The van der Waals surface area contributed by atoms with Crippen LogP contribution in [0.3, 0.4) is 0 Å². The smallest absolute Gasteiger partial charge is 0.242 e. The van der Waals surface area contributed by atoms with Crippen molar-refractivity contribution in [1.29, 1.82) is 0 Å². The highest BCUT2D eigenvalue weighted by atomic mass is 32.2. The molecule has 0 bridgehead atoms. The summed E-state index contributed by atoms with van der Waals surface area (Å²) in [6.07, 6.45) is 0.880. The number of carbonyl (C=O) groups is 1. The van der Waals surface area contributed by atoms with Crippen molar-refractivity contribution in [1.82, 2.24) is 18.8 Å². The number of aromatic nitrogens is 2. The van der Waals surface area contributed by atoms with Gasteiger partial charge in [0.25, 0.3) is 0 Å². The molecule has 0 spiro atoms. The third kappa shape index (κ3) is 3.37. The van der Waals surface area contributed by atoms with Crippen LogP contribution in [0.25, 0.3) is 11.0 Å². The van der Waals surface area contributed by atoms with Crippen LogP contribution in [-0.2, 0) is 28.3 Å². The second-order valence-corrected chi connectivity index (χ2v) is 7.96. The molecule has 0 saturated carbocycles. The predicted molar refractivity (Wildman–Crippen MR) is 88.6 cm³/mol. The Hall–Kier alpha value is -1.93. The van der Waals surface area contributed by atoms with Gasteiger partial charge in [-0.15, -0.1) is 0 Å². The van der Waals surface area contributed by atoms with Gasteiger partial charge in [0, 0.05) is 48.1 Å². The first kappa shape index (κ1) is 17.4. The van der Waals surface area contributed by atoms with E-state index >= 15 is 0 Å². The summed E-state index contributed by atoms with van der Waals surface area (Å²) in [7, 11) is 4.81. The number of aryl methyl sites for hydroxylation is 2. The molecule has 0 atom stereocenters. The van der Waals surface area contributed by atoms with Gasteiger partial charge in [-0.3, -0.25) is 4.79 Å². The third-order valence-electron chi connectivity index (χ3n) is 3.78. The van der Waals surface area contributed by atoms with Crippen LogP contribution in [0, 0.1) is 0 Å². The normalized spacial score (nSPS) is 12.1. The van der Waals surface area contributed by atoms with Crippen molar-refractivity contribution < 1.29 is 13.2 Å². The number of rotatable bonds is 5. The van der Waals surface area contributed by atoms with Gasteiger partial charge < -0.3 is 9.47 Å². The van der Waals surface area contributed by atoms with Crippen molar-refractivity contribution in [3.8, 4) is 0 Å². The summed E-state index contributed by atoms with van der Waals surface area (Å²) in [5.74, 6) is 0.794. The van der Waals surface area contributed by atoms with Gasteiger partial charge in [0.05, 0.1) is 15.9 Å². The Morgan fingerprint density at radius 3 is 2.43 bits per heavy atom. The molecule has 0 saturated heterocycles. The number of benzene rings is 1. The Bertz CT molecular complexity index is 838. The summed E-state index contributed by atoms with van der Waals surface area (Å²) < 4.78 is 27.5. The molecule has 0 aliphatic rings. The highest BCUT2D eigenvalue weighted by Crippen LogP contribution is 2.21. The number of carbonyl (C=O) groups excluding carboxylic acids is 1. The average molecular weight is 338 g/mol. The molecule has 0 unspecified atom stereocenters. The maximum absolute atomic E-state index is 12.2. The fourth-order valence-electron chi connectivity index (χ4n) is 2.27. The highest BCUT2D eigenvalue weighted by Gasteiger charge is 2.19. The lowest BCUT2D eigenvalue weighted by Crippen LogP contribution is -2.22. The van der Waals surface area contributed by atoms with Crippen LogP contribution in [0.1, 0.15) is 12.2 Å². The van der Waals surface area contributed by atoms with Crippen LogP contribution in [0.2, 0.25) is 0 Å². The molecule has 0 aliphatic heterocycles. The van der Waals surface area contributed by atoms with E-state index in [0.717, 1.165) is 11.3 Å². The van der Waals surface area contributed by atoms with Crippen molar-refractivity contribution in [3.05, 3.63) is 24.0 Å². The standard InChI is InChI=1S/C15H22N4O3S/c1-17(2)15(20)9-8-14-16-12-10-11(23(21,22)18(3)4)6-7-13(12)19(14)5/h6-7,10H,8-9H2,1-5H3. The molecule has 0 fully saturated rings. The van der Waals surface area contributed by atoms with E-state index in [-0.39, 0.29) is 10.8 Å². The lowest BCUT2D eigenvalue weighted by molar-refractivity contribution is -0.128. The summed E-state index contributed by atoms with van der Waals surface area (Å²) in [6, 6.07) is 4.89. The van der Waals surface area contributed by atoms with Crippen LogP contribution in [-0.4, -0.2) is 61.3 Å². The molecular formula is C15H22N4O3S. The summed E-state index contributed by atoms with van der Waals surface area (Å²) in [5, 5.41) is 0. The van der Waals surface area contributed by atoms with Crippen molar-refractivity contribution in [2.45, 2.75) is 17.7 Å². The van der Waals surface area contributed by atoms with Gasteiger partial charge in [-0.1, -0.05) is 0 Å². The van der Waals surface area contributed by atoms with E-state index in [0.29, 0.717) is 18.4 Å². The third-order valence-corrected chi connectivity index (χ3v) is 5.60. The minimum absolute atomic E-state index is 0.0351.